The van der Waals surface area contributed by atoms with Gasteiger partial charge in [-0.2, -0.15) is 16.9 Å². The van der Waals surface area contributed by atoms with Crippen LogP contribution in [-0.4, -0.2) is 124 Å². The lowest BCUT2D eigenvalue weighted by molar-refractivity contribution is -0.137. The summed E-state index contributed by atoms with van der Waals surface area (Å²) in [6.45, 7) is -1.29. The molecule has 0 spiro atoms. The summed E-state index contributed by atoms with van der Waals surface area (Å²) >= 11 is 3.95. The number of nitrogens with zero attached hydrogens (tertiary/aromatic N) is 4. The number of phosphoric ester groups is 3. The van der Waals surface area contributed by atoms with Crippen molar-refractivity contribution in [2.45, 2.75) is 44.0 Å². The molecule has 0 bridgehead atoms. The molecule has 2 aromatic rings. The summed E-state index contributed by atoms with van der Waals surface area (Å²) in [4.78, 5) is 74.9. The summed E-state index contributed by atoms with van der Waals surface area (Å²) < 4.78 is 61.8. The maximum Gasteiger partial charge on any atom is 0.481 e. The van der Waals surface area contributed by atoms with Crippen molar-refractivity contribution in [2.75, 3.05) is 44.3 Å². The predicted octanol–water partition coefficient (Wildman–Crippen LogP) is -2.73. The third-order valence-corrected chi connectivity index (χ3v) is 10.2. The number of amides is 2. The van der Waals surface area contributed by atoms with Gasteiger partial charge in [-0.3, -0.25) is 27.7 Å². The first kappa shape index (κ1) is 41.3. The first-order chi connectivity index (χ1) is 22.7. The van der Waals surface area contributed by atoms with Crippen molar-refractivity contribution in [1.29, 1.82) is 0 Å². The molecule has 278 valence electrons. The van der Waals surface area contributed by atoms with Gasteiger partial charge >= 0.3 is 23.5 Å². The Balaban J connectivity index is 1.63. The molecule has 1 saturated heterocycles. The van der Waals surface area contributed by atoms with Gasteiger partial charge in [-0.1, -0.05) is 6.92 Å². The highest BCUT2D eigenvalue weighted by Crippen LogP contribution is 2.61. The summed E-state index contributed by atoms with van der Waals surface area (Å²) in [5.74, 6) is -1.05. The zero-order chi connectivity index (χ0) is 36.8. The molecular formula is C21H37N8O16P3S. The van der Waals surface area contributed by atoms with Gasteiger partial charge in [0, 0.05) is 37.2 Å². The van der Waals surface area contributed by atoms with E-state index in [9.17, 15) is 53.1 Å². The molecule has 0 saturated carbocycles. The van der Waals surface area contributed by atoms with Crippen LogP contribution in [0.1, 0.15) is 19.6 Å². The number of hydrogen-bond donors (Lipinski definition) is 11. The number of phosphoric acid groups is 3. The Morgan fingerprint density at radius 2 is 1.80 bits per heavy atom. The molecule has 1 aliphatic heterocycles. The van der Waals surface area contributed by atoms with Gasteiger partial charge in [0.15, 0.2) is 17.7 Å². The van der Waals surface area contributed by atoms with Gasteiger partial charge in [0.1, 0.15) is 36.3 Å². The third-order valence-electron chi connectivity index (χ3n) is 6.86. The number of nitrogens with two attached hydrogens (primary N) is 2. The van der Waals surface area contributed by atoms with Gasteiger partial charge in [0.2, 0.25) is 11.8 Å². The average Bonchev–Trinajstić information content (AvgIpc) is 3.57. The van der Waals surface area contributed by atoms with Crippen LogP contribution >= 0.6 is 36.1 Å². The van der Waals surface area contributed by atoms with Crippen LogP contribution in [0.25, 0.3) is 11.2 Å². The number of carbonyl (C=O) groups is 2. The summed E-state index contributed by atoms with van der Waals surface area (Å²) in [5.41, 5.74) is 9.76. The number of ether oxygens (including phenoxy) is 1. The number of aromatic nitrogens is 4. The van der Waals surface area contributed by atoms with Crippen molar-refractivity contribution < 1.29 is 75.7 Å². The van der Waals surface area contributed by atoms with Gasteiger partial charge in [-0.15, -0.1) is 0 Å². The number of hydrogen-bond acceptors (Lipinski definition) is 18. The van der Waals surface area contributed by atoms with Crippen molar-refractivity contribution in [3.63, 3.8) is 0 Å². The lowest BCUT2D eigenvalue weighted by Gasteiger charge is -2.32. The van der Waals surface area contributed by atoms with Gasteiger partial charge in [-0.05, 0) is 0 Å². The monoisotopic (exact) mass is 782 g/mol. The Labute approximate surface area is 282 Å². The predicted molar refractivity (Wildman–Crippen MR) is 167 cm³/mol. The largest absolute Gasteiger partial charge is 0.481 e. The number of thiol groups is 1. The Hall–Kier alpha value is -2.15. The summed E-state index contributed by atoms with van der Waals surface area (Å²) in [5, 5.41) is 26.2. The second-order valence-electron chi connectivity index (χ2n) is 10.7. The van der Waals surface area contributed by atoms with Crippen LogP contribution in [0.2, 0.25) is 0 Å². The fraction of sp³-hybridized carbons (Fsp3) is 0.667. The number of aliphatic hydroxyl groups excluding tert-OH is 2. The lowest BCUT2D eigenvalue weighted by Crippen LogP contribution is -2.51. The molecule has 3 heterocycles. The van der Waals surface area contributed by atoms with Crippen LogP contribution in [0, 0.1) is 5.41 Å². The molecule has 2 unspecified atom stereocenters. The molecule has 24 nitrogen and oxygen atoms in total. The van der Waals surface area contributed by atoms with Gasteiger partial charge < -0.3 is 56.6 Å². The van der Waals surface area contributed by atoms with E-state index in [-0.39, 0.29) is 29.9 Å². The van der Waals surface area contributed by atoms with E-state index in [2.05, 4.69) is 47.0 Å². The number of nitrogens with one attached hydrogen (secondary N) is 2. The zero-order valence-electron chi connectivity index (χ0n) is 25.5. The summed E-state index contributed by atoms with van der Waals surface area (Å²) in [6.07, 6.45) is -6.95. The SMILES string of the molecule is C[C@](CN)(COP(=O)(O)OP(=O)(O)OC[C@H]1O[C@@H](n2cnc3c(N)ncnc32)[C@H](O)[C@@H]1OP(=O)(O)O)[C@@H](O)C(=O)NCCC(=O)NCCS. The normalized spacial score (nSPS) is 24.1. The van der Waals surface area contributed by atoms with E-state index >= 15 is 0 Å². The van der Waals surface area contributed by atoms with Crippen LogP contribution in [0.5, 0.6) is 0 Å². The second kappa shape index (κ2) is 16.9. The number of anilines is 1. The minimum atomic E-state index is -5.58. The van der Waals surface area contributed by atoms with E-state index in [0.29, 0.717) is 12.3 Å². The van der Waals surface area contributed by atoms with Gasteiger partial charge in [0.05, 0.1) is 19.5 Å². The number of rotatable bonds is 19. The molecule has 1 fully saturated rings. The van der Waals surface area contributed by atoms with E-state index in [0.717, 1.165) is 17.2 Å². The molecule has 8 atom stereocenters. The number of aliphatic hydroxyl groups is 2. The first-order valence-corrected chi connectivity index (χ1v) is 19.1. The van der Waals surface area contributed by atoms with Crippen LogP contribution in [-0.2, 0) is 45.9 Å². The molecule has 0 aliphatic carbocycles. The van der Waals surface area contributed by atoms with Crippen molar-refractivity contribution in [1.82, 2.24) is 30.2 Å². The Morgan fingerprint density at radius 3 is 2.43 bits per heavy atom. The van der Waals surface area contributed by atoms with Crippen LogP contribution in [0.3, 0.4) is 0 Å². The summed E-state index contributed by atoms with van der Waals surface area (Å²) in [6, 6.07) is 0. The minimum Gasteiger partial charge on any atom is -0.386 e. The van der Waals surface area contributed by atoms with Gasteiger partial charge in [0.25, 0.3) is 0 Å². The fourth-order valence-electron chi connectivity index (χ4n) is 4.25. The third kappa shape index (κ3) is 11.4. The van der Waals surface area contributed by atoms with E-state index < -0.39 is 91.1 Å². The number of imidazole rings is 1. The highest BCUT2D eigenvalue weighted by molar-refractivity contribution is 7.80. The van der Waals surface area contributed by atoms with E-state index in [1.165, 1.54) is 6.92 Å². The molecule has 2 amide bonds. The van der Waals surface area contributed by atoms with Crippen LogP contribution in [0.4, 0.5) is 5.82 Å². The van der Waals surface area contributed by atoms with Crippen LogP contribution in [0.15, 0.2) is 12.7 Å². The van der Waals surface area contributed by atoms with Crippen LogP contribution < -0.4 is 22.1 Å². The molecule has 0 aromatic carbocycles. The molecule has 1 aliphatic rings. The van der Waals surface area contributed by atoms with E-state index in [1.807, 2.05) is 0 Å². The lowest BCUT2D eigenvalue weighted by atomic mass is 9.84. The average molecular weight is 783 g/mol. The van der Waals surface area contributed by atoms with E-state index in [4.69, 9.17) is 25.3 Å². The molecule has 28 heteroatoms. The number of nitrogen functional groups attached to an aromatic ring is 1. The van der Waals surface area contributed by atoms with Crippen molar-refractivity contribution in [3.05, 3.63) is 12.7 Å². The second-order valence-corrected chi connectivity index (χ2v) is 15.3. The number of fused-ring (bicyclic) bond motifs is 1. The number of carbonyl (C=O) groups excluding carboxylic acids is 2. The zero-order valence-corrected chi connectivity index (χ0v) is 29.1. The maximum atomic E-state index is 12.6. The highest BCUT2D eigenvalue weighted by atomic mass is 32.1. The van der Waals surface area contributed by atoms with E-state index in [1.54, 1.807) is 0 Å². The molecule has 3 rings (SSSR count). The smallest absolute Gasteiger partial charge is 0.386 e. The molecule has 49 heavy (non-hydrogen) atoms. The highest BCUT2D eigenvalue weighted by Gasteiger charge is 2.50. The molecule has 2 aromatic heterocycles. The summed E-state index contributed by atoms with van der Waals surface area (Å²) in [7, 11) is -16.4. The van der Waals surface area contributed by atoms with Crippen molar-refractivity contribution >= 4 is 64.9 Å². The Bertz CT molecular complexity index is 1620. The van der Waals surface area contributed by atoms with Gasteiger partial charge in [-0.25, -0.2) is 28.6 Å². The Kier molecular flexibility index (Phi) is 14.2. The maximum absolute atomic E-state index is 12.6. The minimum absolute atomic E-state index is 0.0296. The Morgan fingerprint density at radius 1 is 1.12 bits per heavy atom. The van der Waals surface area contributed by atoms with Crippen molar-refractivity contribution in [3.8, 4) is 0 Å². The molecule has 0 radical (unpaired) electrons. The fourth-order valence-corrected chi connectivity index (χ4v) is 7.15. The van der Waals surface area contributed by atoms with Crippen molar-refractivity contribution in [2.24, 2.45) is 11.1 Å². The molecular weight excluding hydrogens is 745 g/mol. The topological polar surface area (TPSA) is 373 Å². The quantitative estimate of drug-likeness (QED) is 0.0509. The molecule has 12 N–H and O–H groups in total. The first-order valence-electron chi connectivity index (χ1n) is 13.9. The standard InChI is InChI=1S/C21H37N8O16P3S/c1-21(7-22,16(32)19(33)25-3-2-12(30)24-4-5-49)8-42-48(39,40)45-47(37,38)41-6-11-15(44-46(34,35)36)14(31)20(43-11)29-10-28-13-17(23)26-9-27-18(13)29/h9-11,14-16,20,31-32,49H,2-8,22H2,1H3,(H,24,30)(H,25,33)(H,37,38)(H,39,40)(H2,23,26,27)(H2,34,35,36)/t11-,14-,15-,16+,20-,21+/m1/s1.